The second-order valence-electron chi connectivity index (χ2n) is 6.99. The highest BCUT2D eigenvalue weighted by Gasteiger charge is 2.14. The van der Waals surface area contributed by atoms with Crippen LogP contribution in [-0.2, 0) is 9.59 Å². The molecule has 2 heterocycles. The quantitative estimate of drug-likeness (QED) is 0.446. The second-order valence-corrected chi connectivity index (χ2v) is 7.94. The summed E-state index contributed by atoms with van der Waals surface area (Å²) in [7, 11) is 1.62. The number of rotatable bonds is 6. The normalized spacial score (nSPS) is 10.9. The summed E-state index contributed by atoms with van der Waals surface area (Å²) in [5.41, 5.74) is 3.88. The summed E-state index contributed by atoms with van der Waals surface area (Å²) in [6.45, 7) is 3.42. The lowest BCUT2D eigenvalue weighted by Crippen LogP contribution is -2.14. The van der Waals surface area contributed by atoms with Crippen LogP contribution in [0.3, 0.4) is 0 Å². The van der Waals surface area contributed by atoms with Gasteiger partial charge < -0.3 is 15.4 Å². The van der Waals surface area contributed by atoms with Gasteiger partial charge in [0.2, 0.25) is 11.8 Å². The number of hydrogen-bond acceptors (Lipinski definition) is 6. The molecular weight excluding hydrogens is 414 g/mol. The molecule has 0 spiro atoms. The van der Waals surface area contributed by atoms with E-state index in [0.29, 0.717) is 16.5 Å². The molecule has 0 aliphatic rings. The summed E-state index contributed by atoms with van der Waals surface area (Å²) in [5, 5.41) is 15.8. The molecule has 158 valence electrons. The van der Waals surface area contributed by atoms with E-state index in [-0.39, 0.29) is 17.6 Å². The zero-order chi connectivity index (χ0) is 22.0. The number of amides is 2. The van der Waals surface area contributed by atoms with Crippen molar-refractivity contribution in [1.82, 2.24) is 14.6 Å². The minimum Gasteiger partial charge on any atom is -0.497 e. The Bertz CT molecular complexity index is 1300. The predicted molar refractivity (Wildman–Crippen MR) is 122 cm³/mol. The number of carbonyl (C=O) groups excluding carboxylic acids is 2. The van der Waals surface area contributed by atoms with Crippen molar-refractivity contribution < 1.29 is 14.3 Å². The van der Waals surface area contributed by atoms with Gasteiger partial charge in [-0.15, -0.1) is 10.2 Å². The molecule has 4 aromatic rings. The molecule has 0 unspecified atom stereocenters. The van der Waals surface area contributed by atoms with E-state index in [0.717, 1.165) is 27.9 Å². The highest BCUT2D eigenvalue weighted by atomic mass is 32.2. The molecular formula is C22H21N5O3S. The third kappa shape index (κ3) is 4.46. The van der Waals surface area contributed by atoms with Gasteiger partial charge in [0.05, 0.1) is 18.4 Å². The topological polar surface area (TPSA) is 97.6 Å². The van der Waals surface area contributed by atoms with Gasteiger partial charge in [-0.2, -0.15) is 0 Å². The first-order chi connectivity index (χ1) is 14.9. The smallest absolute Gasteiger partial charge is 0.234 e. The molecule has 0 saturated heterocycles. The van der Waals surface area contributed by atoms with Crippen LogP contribution in [0.5, 0.6) is 5.75 Å². The zero-order valence-corrected chi connectivity index (χ0v) is 18.1. The highest BCUT2D eigenvalue weighted by molar-refractivity contribution is 7.99. The van der Waals surface area contributed by atoms with Crippen molar-refractivity contribution >= 4 is 51.5 Å². The lowest BCUT2D eigenvalue weighted by atomic mass is 10.1. The number of ether oxygens (including phenoxy) is 1. The Morgan fingerprint density at radius 1 is 1.06 bits per heavy atom. The summed E-state index contributed by atoms with van der Waals surface area (Å²) in [5.74, 6) is 0.539. The van der Waals surface area contributed by atoms with Crippen molar-refractivity contribution in [1.29, 1.82) is 0 Å². The Kier molecular flexibility index (Phi) is 5.77. The number of aryl methyl sites for hydroxylation is 1. The largest absolute Gasteiger partial charge is 0.497 e. The third-order valence-corrected chi connectivity index (χ3v) is 5.56. The number of hydrogen-bond donors (Lipinski definition) is 2. The Hall–Kier alpha value is -3.59. The number of pyridine rings is 1. The number of aromatic nitrogens is 3. The van der Waals surface area contributed by atoms with Gasteiger partial charge in [0.15, 0.2) is 10.8 Å². The first-order valence-electron chi connectivity index (χ1n) is 9.57. The summed E-state index contributed by atoms with van der Waals surface area (Å²) in [6.07, 6.45) is 0. The van der Waals surface area contributed by atoms with Crippen LogP contribution < -0.4 is 15.4 Å². The SMILES string of the molecule is COc1ccc2cc(C)c3nnc(SCC(=O)Nc4cccc(NC(C)=O)c4)n3c2c1. The van der Waals surface area contributed by atoms with Crippen LogP contribution in [0.15, 0.2) is 53.7 Å². The van der Waals surface area contributed by atoms with Crippen LogP contribution in [0.1, 0.15) is 12.5 Å². The average Bonchev–Trinajstić information content (AvgIpc) is 3.17. The summed E-state index contributed by atoms with van der Waals surface area (Å²) >= 11 is 1.30. The Labute approximate surface area is 183 Å². The number of fused-ring (bicyclic) bond motifs is 3. The van der Waals surface area contributed by atoms with Crippen LogP contribution in [0.25, 0.3) is 16.6 Å². The Morgan fingerprint density at radius 3 is 2.58 bits per heavy atom. The Morgan fingerprint density at radius 2 is 1.84 bits per heavy atom. The molecule has 9 heteroatoms. The average molecular weight is 436 g/mol. The predicted octanol–water partition coefficient (Wildman–Crippen LogP) is 3.89. The second kappa shape index (κ2) is 8.65. The summed E-state index contributed by atoms with van der Waals surface area (Å²) in [4.78, 5) is 23.7. The molecule has 0 fully saturated rings. The van der Waals surface area contributed by atoms with Gasteiger partial charge in [0.25, 0.3) is 0 Å². The van der Waals surface area contributed by atoms with Gasteiger partial charge in [-0.25, -0.2) is 0 Å². The van der Waals surface area contributed by atoms with Gasteiger partial charge in [0.1, 0.15) is 5.75 Å². The molecule has 8 nitrogen and oxygen atoms in total. The van der Waals surface area contributed by atoms with E-state index in [1.54, 1.807) is 31.4 Å². The fraction of sp³-hybridized carbons (Fsp3) is 0.182. The summed E-state index contributed by atoms with van der Waals surface area (Å²) < 4.78 is 7.31. The number of thioether (sulfide) groups is 1. The maximum atomic E-state index is 12.5. The molecule has 2 N–H and O–H groups in total. The van der Waals surface area contributed by atoms with Crippen LogP contribution in [0.4, 0.5) is 11.4 Å². The number of benzene rings is 2. The van der Waals surface area contributed by atoms with Crippen LogP contribution in [0, 0.1) is 6.92 Å². The van der Waals surface area contributed by atoms with Gasteiger partial charge in [-0.05, 0) is 54.3 Å². The van der Waals surface area contributed by atoms with E-state index in [2.05, 4.69) is 26.9 Å². The van der Waals surface area contributed by atoms with Gasteiger partial charge in [-0.1, -0.05) is 17.8 Å². The molecule has 0 saturated carbocycles. The van der Waals surface area contributed by atoms with Gasteiger partial charge in [0, 0.05) is 24.4 Å². The highest BCUT2D eigenvalue weighted by Crippen LogP contribution is 2.28. The van der Waals surface area contributed by atoms with Gasteiger partial charge in [-0.3, -0.25) is 14.0 Å². The molecule has 2 amide bonds. The Balaban J connectivity index is 1.55. The maximum Gasteiger partial charge on any atom is 0.234 e. The maximum absolute atomic E-state index is 12.5. The first-order valence-corrected chi connectivity index (χ1v) is 10.6. The number of nitrogens with zero attached hydrogens (tertiary/aromatic N) is 3. The van der Waals surface area contributed by atoms with Crippen LogP contribution in [-0.4, -0.2) is 39.3 Å². The lowest BCUT2D eigenvalue weighted by Gasteiger charge is -2.09. The number of carbonyl (C=O) groups is 2. The van der Waals surface area contributed by atoms with E-state index in [1.807, 2.05) is 29.5 Å². The van der Waals surface area contributed by atoms with Crippen molar-refractivity contribution in [2.45, 2.75) is 19.0 Å². The van der Waals surface area contributed by atoms with E-state index < -0.39 is 0 Å². The molecule has 31 heavy (non-hydrogen) atoms. The molecule has 0 aliphatic heterocycles. The van der Waals surface area contributed by atoms with Gasteiger partial charge >= 0.3 is 0 Å². The summed E-state index contributed by atoms with van der Waals surface area (Å²) in [6, 6.07) is 14.9. The van der Waals surface area contributed by atoms with Crippen LogP contribution >= 0.6 is 11.8 Å². The molecule has 0 radical (unpaired) electrons. The van der Waals surface area contributed by atoms with E-state index in [1.165, 1.54) is 18.7 Å². The molecule has 0 bridgehead atoms. The van der Waals surface area contributed by atoms with Crippen LogP contribution in [0.2, 0.25) is 0 Å². The minimum absolute atomic E-state index is 0.157. The number of nitrogens with one attached hydrogen (secondary N) is 2. The van der Waals surface area contributed by atoms with E-state index in [9.17, 15) is 9.59 Å². The monoisotopic (exact) mass is 435 g/mol. The van der Waals surface area contributed by atoms with Crippen molar-refractivity contribution in [2.75, 3.05) is 23.5 Å². The molecule has 0 atom stereocenters. The minimum atomic E-state index is -0.184. The van der Waals surface area contributed by atoms with Crippen molar-refractivity contribution in [3.8, 4) is 5.75 Å². The number of anilines is 2. The standard InChI is InChI=1S/C22H21N5O3S/c1-13-9-15-7-8-18(30-3)11-19(15)27-21(13)25-26-22(27)31-12-20(29)24-17-6-4-5-16(10-17)23-14(2)28/h4-11H,12H2,1-3H3,(H,23,28)(H,24,29). The fourth-order valence-corrected chi connectivity index (χ4v) is 4.05. The van der Waals surface area contributed by atoms with Crippen molar-refractivity contribution in [2.24, 2.45) is 0 Å². The fourth-order valence-electron chi connectivity index (χ4n) is 3.31. The third-order valence-electron chi connectivity index (χ3n) is 4.64. The zero-order valence-electron chi connectivity index (χ0n) is 17.3. The molecule has 2 aromatic carbocycles. The molecule has 0 aliphatic carbocycles. The van der Waals surface area contributed by atoms with E-state index in [4.69, 9.17) is 4.74 Å². The molecule has 4 rings (SSSR count). The first kappa shape index (κ1) is 20.7. The number of methoxy groups -OCH3 is 1. The van der Waals surface area contributed by atoms with Crippen molar-refractivity contribution in [3.63, 3.8) is 0 Å². The van der Waals surface area contributed by atoms with Crippen molar-refractivity contribution in [3.05, 3.63) is 54.1 Å². The lowest BCUT2D eigenvalue weighted by molar-refractivity contribution is -0.114. The van der Waals surface area contributed by atoms with E-state index >= 15 is 0 Å². The molecule has 2 aromatic heterocycles.